The Morgan fingerprint density at radius 2 is 1.94 bits per heavy atom. The summed E-state index contributed by atoms with van der Waals surface area (Å²) in [6.45, 7) is 6.40. The highest BCUT2D eigenvalue weighted by Crippen LogP contribution is 2.34. The number of aromatic hydroxyl groups is 1. The van der Waals surface area contributed by atoms with Crippen LogP contribution in [0, 0.1) is 5.92 Å². The first kappa shape index (κ1) is 23.6. The quantitative estimate of drug-likeness (QED) is 0.149. The molecule has 1 unspecified atom stereocenters. The summed E-state index contributed by atoms with van der Waals surface area (Å²) >= 11 is 0. The molecule has 1 aromatic carbocycles. The number of unbranched alkanes of at least 4 members (excludes halogenated alkanes) is 3. The number of aliphatic imine (C=N–C) groups is 1. The van der Waals surface area contributed by atoms with Crippen molar-refractivity contribution in [3.05, 3.63) is 48.0 Å². The number of nitrogens with zero attached hydrogens (tertiary/aromatic N) is 4. The molecule has 0 radical (unpaired) electrons. The van der Waals surface area contributed by atoms with Crippen molar-refractivity contribution in [2.75, 3.05) is 0 Å². The molecule has 4 aromatic rings. The van der Waals surface area contributed by atoms with E-state index in [-0.39, 0.29) is 17.9 Å². The number of nitrogens with one attached hydrogen (secondary N) is 1. The molecular weight excluding hydrogens is 426 g/mol. The Morgan fingerprint density at radius 3 is 2.68 bits per heavy atom. The smallest absolute Gasteiger partial charge is 0.219 e. The topological polar surface area (TPSA) is 131 Å². The summed E-state index contributed by atoms with van der Waals surface area (Å²) < 4.78 is 1.73. The van der Waals surface area contributed by atoms with Gasteiger partial charge in [0.15, 0.2) is 11.6 Å². The lowest BCUT2D eigenvalue weighted by molar-refractivity contribution is 0.435. The molecule has 34 heavy (non-hydrogen) atoms. The van der Waals surface area contributed by atoms with Crippen molar-refractivity contribution in [2.24, 2.45) is 22.4 Å². The second kappa shape index (κ2) is 10.2. The Kier molecular flexibility index (Phi) is 7.05. The number of aromatic nitrogens is 4. The van der Waals surface area contributed by atoms with Crippen molar-refractivity contribution in [1.29, 1.82) is 0 Å². The summed E-state index contributed by atoms with van der Waals surface area (Å²) in [5.74, 6) is 0.516. The van der Waals surface area contributed by atoms with Crippen molar-refractivity contribution < 1.29 is 5.11 Å². The van der Waals surface area contributed by atoms with Gasteiger partial charge in [0.2, 0.25) is 5.88 Å². The van der Waals surface area contributed by atoms with Gasteiger partial charge in [-0.3, -0.25) is 4.40 Å². The van der Waals surface area contributed by atoms with Crippen molar-refractivity contribution in [3.8, 4) is 17.1 Å². The van der Waals surface area contributed by atoms with E-state index in [0.29, 0.717) is 29.4 Å². The maximum absolute atomic E-state index is 11.1. The molecule has 0 aliphatic carbocycles. The molecule has 0 aliphatic rings. The highest BCUT2D eigenvalue weighted by atomic mass is 16.3. The molecule has 1 atom stereocenters. The number of H-pyrrole nitrogens is 1. The van der Waals surface area contributed by atoms with Crippen molar-refractivity contribution in [3.63, 3.8) is 0 Å². The van der Waals surface area contributed by atoms with Gasteiger partial charge < -0.3 is 21.6 Å². The van der Waals surface area contributed by atoms with Gasteiger partial charge in [0.05, 0.1) is 11.7 Å². The van der Waals surface area contributed by atoms with E-state index in [4.69, 9.17) is 21.4 Å². The lowest BCUT2D eigenvalue weighted by Gasteiger charge is -2.15. The number of hydrogen-bond donors (Lipinski definition) is 4. The molecule has 0 spiro atoms. The number of guanidine groups is 1. The van der Waals surface area contributed by atoms with Crippen molar-refractivity contribution in [2.45, 2.75) is 65.3 Å². The van der Waals surface area contributed by atoms with E-state index in [1.165, 1.54) is 0 Å². The van der Waals surface area contributed by atoms with Crippen LogP contribution >= 0.6 is 0 Å². The maximum Gasteiger partial charge on any atom is 0.219 e. The fourth-order valence-electron chi connectivity index (χ4n) is 4.47. The molecule has 8 nitrogen and oxygen atoms in total. The third kappa shape index (κ3) is 4.85. The number of aromatic amines is 1. The van der Waals surface area contributed by atoms with Gasteiger partial charge in [0, 0.05) is 28.9 Å². The normalized spacial score (nSPS) is 12.6. The molecule has 3 aromatic heterocycles. The number of fused-ring (bicyclic) bond motifs is 2. The van der Waals surface area contributed by atoms with Crippen LogP contribution in [0.4, 0.5) is 0 Å². The SMILES string of the molecule is CCCCCCC(N=C(N)N)c1nc(-c2c[nH]c3ccccc23)cn2c(O)c(CC(C)C)nc12. The fourth-order valence-corrected chi connectivity index (χ4v) is 4.47. The van der Waals surface area contributed by atoms with Gasteiger partial charge in [0.1, 0.15) is 11.4 Å². The molecule has 0 saturated heterocycles. The monoisotopic (exact) mass is 461 g/mol. The molecule has 0 amide bonds. The summed E-state index contributed by atoms with van der Waals surface area (Å²) in [5.41, 5.74) is 16.3. The van der Waals surface area contributed by atoms with Crippen LogP contribution in [-0.4, -0.2) is 30.4 Å². The van der Waals surface area contributed by atoms with Gasteiger partial charge in [-0.25, -0.2) is 15.0 Å². The number of rotatable bonds is 10. The fraction of sp³-hybridized carbons (Fsp3) is 0.423. The Labute approximate surface area is 200 Å². The van der Waals surface area contributed by atoms with E-state index >= 15 is 0 Å². The van der Waals surface area contributed by atoms with E-state index in [1.807, 2.05) is 30.6 Å². The third-order valence-corrected chi connectivity index (χ3v) is 6.10. The molecule has 0 bridgehead atoms. The molecule has 0 aliphatic heterocycles. The molecular formula is C26H35N7O. The van der Waals surface area contributed by atoms with E-state index in [2.05, 4.69) is 36.8 Å². The molecule has 6 N–H and O–H groups in total. The van der Waals surface area contributed by atoms with Crippen LogP contribution < -0.4 is 11.5 Å². The Hall–Kier alpha value is -3.55. The van der Waals surface area contributed by atoms with Gasteiger partial charge >= 0.3 is 0 Å². The summed E-state index contributed by atoms with van der Waals surface area (Å²) in [4.78, 5) is 17.7. The van der Waals surface area contributed by atoms with Crippen LogP contribution in [0.1, 0.15) is 70.3 Å². The summed E-state index contributed by atoms with van der Waals surface area (Å²) in [7, 11) is 0. The largest absolute Gasteiger partial charge is 0.493 e. The second-order valence-corrected chi connectivity index (χ2v) is 9.35. The van der Waals surface area contributed by atoms with E-state index in [0.717, 1.165) is 54.3 Å². The lowest BCUT2D eigenvalue weighted by Crippen LogP contribution is -2.24. The lowest BCUT2D eigenvalue weighted by atomic mass is 10.0. The van der Waals surface area contributed by atoms with Gasteiger partial charge in [-0.15, -0.1) is 0 Å². The van der Waals surface area contributed by atoms with Gasteiger partial charge in [-0.2, -0.15) is 0 Å². The first-order valence-corrected chi connectivity index (χ1v) is 12.1. The number of hydrogen-bond acceptors (Lipinski definition) is 4. The van der Waals surface area contributed by atoms with Gasteiger partial charge in [0.25, 0.3) is 0 Å². The average Bonchev–Trinajstić information content (AvgIpc) is 3.36. The highest BCUT2D eigenvalue weighted by molar-refractivity contribution is 5.94. The zero-order valence-corrected chi connectivity index (χ0v) is 20.3. The zero-order valence-electron chi connectivity index (χ0n) is 20.3. The van der Waals surface area contributed by atoms with Crippen LogP contribution in [0.3, 0.4) is 0 Å². The Bertz CT molecular complexity index is 1300. The average molecular weight is 462 g/mol. The molecule has 8 heteroatoms. The molecule has 4 rings (SSSR count). The highest BCUT2D eigenvalue weighted by Gasteiger charge is 2.24. The molecule has 0 saturated carbocycles. The number of para-hydroxylation sites is 1. The number of imidazole rings is 1. The molecule has 180 valence electrons. The summed E-state index contributed by atoms with van der Waals surface area (Å²) in [5, 5.41) is 12.1. The first-order valence-electron chi connectivity index (χ1n) is 12.1. The van der Waals surface area contributed by atoms with Crippen LogP contribution in [0.2, 0.25) is 0 Å². The summed E-state index contributed by atoms with van der Waals surface area (Å²) in [6.07, 6.45) is 9.61. The Morgan fingerprint density at radius 1 is 1.15 bits per heavy atom. The van der Waals surface area contributed by atoms with E-state index in [9.17, 15) is 5.11 Å². The van der Waals surface area contributed by atoms with Crippen LogP contribution in [0.5, 0.6) is 5.88 Å². The minimum atomic E-state index is -0.344. The van der Waals surface area contributed by atoms with Crippen LogP contribution in [-0.2, 0) is 6.42 Å². The maximum atomic E-state index is 11.1. The summed E-state index contributed by atoms with van der Waals surface area (Å²) in [6, 6.07) is 7.75. The minimum Gasteiger partial charge on any atom is -0.493 e. The second-order valence-electron chi connectivity index (χ2n) is 9.35. The number of benzene rings is 1. The standard InChI is InChI=1S/C26H35N7O/c1-4-5-6-7-12-20(32-26(27)28)23-24-31-21(13-16(2)3)25(34)33(24)15-22(30-23)18-14-29-19-11-9-8-10-17(18)19/h8-11,14-16,20,29,34H,4-7,12-13H2,1-3H3,(H4,27,28,32). The van der Waals surface area contributed by atoms with Gasteiger partial charge in [-0.05, 0) is 24.8 Å². The predicted octanol–water partition coefficient (Wildman–Crippen LogP) is 5.07. The van der Waals surface area contributed by atoms with Crippen LogP contribution in [0.15, 0.2) is 41.7 Å². The van der Waals surface area contributed by atoms with Crippen molar-refractivity contribution in [1.82, 2.24) is 19.4 Å². The zero-order chi connectivity index (χ0) is 24.2. The van der Waals surface area contributed by atoms with E-state index < -0.39 is 0 Å². The third-order valence-electron chi connectivity index (χ3n) is 6.10. The first-order chi connectivity index (χ1) is 16.4. The predicted molar refractivity (Wildman–Crippen MR) is 138 cm³/mol. The molecule has 0 fully saturated rings. The number of nitrogens with two attached hydrogens (primary N) is 2. The molecule has 3 heterocycles. The van der Waals surface area contributed by atoms with Crippen LogP contribution in [0.25, 0.3) is 27.8 Å². The van der Waals surface area contributed by atoms with E-state index in [1.54, 1.807) is 4.40 Å². The minimum absolute atomic E-state index is 0.0242. The van der Waals surface area contributed by atoms with Crippen molar-refractivity contribution >= 4 is 22.5 Å². The van der Waals surface area contributed by atoms with Gasteiger partial charge in [-0.1, -0.05) is 64.7 Å². The Balaban J connectivity index is 1.90.